The Labute approximate surface area is 221 Å². The maximum absolute atomic E-state index is 13.6. The fraction of sp³-hybridized carbons (Fsp3) is 0.172. The summed E-state index contributed by atoms with van der Waals surface area (Å²) in [7, 11) is 1.59. The minimum absolute atomic E-state index is 0.246. The number of nitrogens with zero attached hydrogens (tertiary/aromatic N) is 1. The molecule has 194 valence electrons. The summed E-state index contributed by atoms with van der Waals surface area (Å²) in [5.74, 6) is 1.60. The fourth-order valence-corrected chi connectivity index (χ4v) is 4.87. The minimum atomic E-state index is -4.47. The summed E-state index contributed by atoms with van der Waals surface area (Å²) in [6.45, 7) is 2.43. The van der Waals surface area contributed by atoms with Crippen LogP contribution in [0.4, 0.5) is 13.2 Å². The molecule has 1 heterocycles. The average molecular weight is 538 g/mol. The third-order valence-electron chi connectivity index (χ3n) is 6.14. The van der Waals surface area contributed by atoms with Gasteiger partial charge in [0.15, 0.2) is 5.78 Å². The van der Waals surface area contributed by atoms with E-state index < -0.39 is 11.7 Å². The Kier molecular flexibility index (Phi) is 6.94. The van der Waals surface area contributed by atoms with Crippen LogP contribution in [-0.4, -0.2) is 31.1 Å². The van der Waals surface area contributed by atoms with Crippen molar-refractivity contribution in [3.05, 3.63) is 105 Å². The van der Waals surface area contributed by atoms with Crippen molar-refractivity contribution in [2.75, 3.05) is 20.3 Å². The van der Waals surface area contributed by atoms with Crippen molar-refractivity contribution >= 4 is 28.3 Å². The zero-order valence-electron chi connectivity index (χ0n) is 20.5. The number of thiazole rings is 1. The third-order valence-corrected chi connectivity index (χ3v) is 6.90. The Hall–Kier alpha value is -4.11. The molecule has 5 nitrogen and oxygen atoms in total. The number of benzene rings is 3. The number of aryl methyl sites for hydroxylation is 1. The van der Waals surface area contributed by atoms with Crippen LogP contribution in [-0.2, 0) is 6.18 Å². The molecule has 5 rings (SSSR count). The van der Waals surface area contributed by atoms with Crippen LogP contribution in [0.3, 0.4) is 0 Å². The first-order valence-corrected chi connectivity index (χ1v) is 12.6. The average Bonchev–Trinajstić information content (AvgIpc) is 3.46. The molecule has 0 unspecified atom stereocenters. The molecule has 0 saturated carbocycles. The number of methoxy groups -OCH3 is 1. The van der Waals surface area contributed by atoms with Gasteiger partial charge in [-0.15, -0.1) is 11.3 Å². The quantitative estimate of drug-likeness (QED) is 0.225. The molecule has 1 aliphatic rings. The smallest absolute Gasteiger partial charge is 0.416 e. The van der Waals surface area contributed by atoms with Crippen LogP contribution in [0.15, 0.2) is 72.2 Å². The molecular formula is C29H22F3NO4S. The highest BCUT2D eigenvalue weighted by Gasteiger charge is 2.35. The van der Waals surface area contributed by atoms with Gasteiger partial charge >= 0.3 is 6.18 Å². The lowest BCUT2D eigenvalue weighted by atomic mass is 9.96. The van der Waals surface area contributed by atoms with Gasteiger partial charge in [0, 0.05) is 21.6 Å². The maximum Gasteiger partial charge on any atom is 0.416 e. The highest BCUT2D eigenvalue weighted by atomic mass is 32.1. The lowest BCUT2D eigenvalue weighted by Crippen LogP contribution is -2.09. The summed E-state index contributed by atoms with van der Waals surface area (Å²) in [5, 5.41) is 0. The second-order valence-corrected chi connectivity index (χ2v) is 9.55. The largest absolute Gasteiger partial charge is 0.497 e. The molecule has 0 amide bonds. The fourth-order valence-electron chi connectivity index (χ4n) is 4.29. The molecule has 0 radical (unpaired) electrons. The third kappa shape index (κ3) is 5.02. The number of hydrogen-bond acceptors (Lipinski definition) is 6. The molecule has 9 heteroatoms. The van der Waals surface area contributed by atoms with Gasteiger partial charge in [0.25, 0.3) is 0 Å². The van der Waals surface area contributed by atoms with Gasteiger partial charge in [0.1, 0.15) is 30.5 Å². The van der Waals surface area contributed by atoms with E-state index in [-0.39, 0.29) is 19.0 Å². The first-order valence-electron chi connectivity index (χ1n) is 11.7. The summed E-state index contributed by atoms with van der Waals surface area (Å²) in [5.41, 5.74) is 3.96. The Morgan fingerprint density at radius 1 is 0.816 bits per heavy atom. The van der Waals surface area contributed by atoms with E-state index in [1.807, 2.05) is 6.92 Å². The van der Waals surface area contributed by atoms with Gasteiger partial charge in [0.2, 0.25) is 0 Å². The molecule has 0 spiro atoms. The van der Waals surface area contributed by atoms with Crippen molar-refractivity contribution in [2.24, 2.45) is 0 Å². The van der Waals surface area contributed by atoms with Gasteiger partial charge < -0.3 is 14.2 Å². The number of fused-ring (bicyclic) bond motifs is 1. The van der Waals surface area contributed by atoms with Crippen LogP contribution in [0, 0.1) is 6.92 Å². The van der Waals surface area contributed by atoms with Gasteiger partial charge in [-0.3, -0.25) is 4.79 Å². The molecule has 3 aromatic carbocycles. The van der Waals surface area contributed by atoms with E-state index >= 15 is 0 Å². The normalized spacial score (nSPS) is 13.0. The van der Waals surface area contributed by atoms with Gasteiger partial charge in [-0.05, 0) is 72.6 Å². The van der Waals surface area contributed by atoms with Crippen LogP contribution < -0.4 is 14.2 Å². The van der Waals surface area contributed by atoms with Crippen molar-refractivity contribution in [3.63, 3.8) is 0 Å². The van der Waals surface area contributed by atoms with Gasteiger partial charge in [-0.25, -0.2) is 4.98 Å². The Morgan fingerprint density at radius 3 is 2.05 bits per heavy atom. The van der Waals surface area contributed by atoms with Gasteiger partial charge in [-0.2, -0.15) is 13.2 Å². The lowest BCUT2D eigenvalue weighted by Gasteiger charge is -2.10. The van der Waals surface area contributed by atoms with Crippen molar-refractivity contribution < 1.29 is 32.2 Å². The van der Waals surface area contributed by atoms with Crippen molar-refractivity contribution in [2.45, 2.75) is 13.1 Å². The predicted molar refractivity (Wildman–Crippen MR) is 139 cm³/mol. The number of Topliss-reactive ketones (excluding diaryl/α,β-unsaturated/α-hetero) is 1. The number of alkyl halides is 3. The molecule has 1 aromatic heterocycles. The highest BCUT2D eigenvalue weighted by molar-refractivity contribution is 7.09. The zero-order valence-corrected chi connectivity index (χ0v) is 21.3. The standard InChI is InChI=1S/C29H22F3NO4S/c1-17-27(33-16-38-17)26-23-12-11-22(37-14-13-36-21-9-7-20(35-2)8-10-21)15-24(23)28(34)25(26)18-3-5-19(6-4-18)29(30,31)32/h3-12,15-16H,13-14H2,1-2H3. The summed E-state index contributed by atoms with van der Waals surface area (Å²) >= 11 is 1.44. The van der Waals surface area contributed by atoms with Crippen molar-refractivity contribution in [3.8, 4) is 17.2 Å². The van der Waals surface area contributed by atoms with E-state index in [9.17, 15) is 18.0 Å². The predicted octanol–water partition coefficient (Wildman–Crippen LogP) is 7.09. The monoisotopic (exact) mass is 537 g/mol. The zero-order chi connectivity index (χ0) is 26.9. The number of hydrogen-bond donors (Lipinski definition) is 0. The van der Waals surface area contributed by atoms with E-state index in [1.54, 1.807) is 55.1 Å². The number of rotatable bonds is 8. The summed E-state index contributed by atoms with van der Waals surface area (Å²) in [6, 6.07) is 17.0. The summed E-state index contributed by atoms with van der Waals surface area (Å²) in [4.78, 5) is 19.0. The molecular weight excluding hydrogens is 515 g/mol. The van der Waals surface area contributed by atoms with Gasteiger partial charge in [-0.1, -0.05) is 12.1 Å². The lowest BCUT2D eigenvalue weighted by molar-refractivity contribution is -0.137. The number of carbonyl (C=O) groups excluding carboxylic acids is 1. The molecule has 38 heavy (non-hydrogen) atoms. The number of allylic oxidation sites excluding steroid dienone is 1. The number of aromatic nitrogens is 1. The van der Waals surface area contributed by atoms with Gasteiger partial charge in [0.05, 0.1) is 23.9 Å². The van der Waals surface area contributed by atoms with E-state index in [1.165, 1.54) is 23.5 Å². The van der Waals surface area contributed by atoms with E-state index in [4.69, 9.17) is 14.2 Å². The Balaban J connectivity index is 1.39. The first-order chi connectivity index (χ1) is 18.3. The van der Waals surface area contributed by atoms with Crippen molar-refractivity contribution in [1.29, 1.82) is 0 Å². The van der Waals surface area contributed by atoms with E-state index in [2.05, 4.69) is 4.98 Å². The SMILES string of the molecule is COc1ccc(OCCOc2ccc3c(c2)C(=O)C(c2ccc(C(F)(F)F)cc2)=C3c2ncsc2C)cc1. The van der Waals surface area contributed by atoms with E-state index in [0.29, 0.717) is 45.0 Å². The summed E-state index contributed by atoms with van der Waals surface area (Å²) in [6.07, 6.45) is -4.47. The first kappa shape index (κ1) is 25.5. The Morgan fingerprint density at radius 2 is 1.45 bits per heavy atom. The molecule has 0 bridgehead atoms. The van der Waals surface area contributed by atoms with E-state index in [0.717, 1.165) is 22.8 Å². The number of ether oxygens (including phenoxy) is 3. The second-order valence-electron chi connectivity index (χ2n) is 8.49. The van der Waals surface area contributed by atoms with Crippen LogP contribution in [0.1, 0.15) is 37.6 Å². The van der Waals surface area contributed by atoms with Crippen molar-refractivity contribution in [1.82, 2.24) is 4.98 Å². The molecule has 0 N–H and O–H groups in total. The second kappa shape index (κ2) is 10.3. The highest BCUT2D eigenvalue weighted by Crippen LogP contribution is 2.44. The minimum Gasteiger partial charge on any atom is -0.497 e. The molecule has 0 saturated heterocycles. The van der Waals surface area contributed by atoms with Crippen LogP contribution in [0.2, 0.25) is 0 Å². The Bertz CT molecular complexity index is 1510. The maximum atomic E-state index is 13.6. The molecule has 0 atom stereocenters. The molecule has 4 aromatic rings. The number of halogens is 3. The van der Waals surface area contributed by atoms with Crippen LogP contribution in [0.5, 0.6) is 17.2 Å². The topological polar surface area (TPSA) is 57.7 Å². The summed E-state index contributed by atoms with van der Waals surface area (Å²) < 4.78 is 56.0. The molecule has 0 fully saturated rings. The van der Waals surface area contributed by atoms with Crippen LogP contribution in [0.25, 0.3) is 11.1 Å². The van der Waals surface area contributed by atoms with Crippen LogP contribution >= 0.6 is 11.3 Å². The number of ketones is 1. The molecule has 0 aliphatic heterocycles. The number of carbonyl (C=O) groups is 1. The molecule has 1 aliphatic carbocycles.